The van der Waals surface area contributed by atoms with Gasteiger partial charge in [0.25, 0.3) is 0 Å². The number of hydrogen-bond donors (Lipinski definition) is 2. The zero-order valence-corrected chi connectivity index (χ0v) is 19.5. The van der Waals surface area contributed by atoms with Gasteiger partial charge in [0.1, 0.15) is 11.4 Å². The number of benzene rings is 1. The average Bonchev–Trinajstić information content (AvgIpc) is 2.89. The van der Waals surface area contributed by atoms with Crippen LogP contribution in [0.4, 0.5) is 5.82 Å². The van der Waals surface area contributed by atoms with E-state index in [0.29, 0.717) is 26.1 Å². The highest BCUT2D eigenvalue weighted by molar-refractivity contribution is 5.92. The van der Waals surface area contributed by atoms with Crippen LogP contribution in [0.3, 0.4) is 0 Å². The van der Waals surface area contributed by atoms with E-state index in [4.69, 9.17) is 4.74 Å². The van der Waals surface area contributed by atoms with E-state index < -0.39 is 17.5 Å². The van der Waals surface area contributed by atoms with Gasteiger partial charge in [0.05, 0.1) is 18.9 Å². The minimum Gasteiger partial charge on any atom is -0.460 e. The van der Waals surface area contributed by atoms with Gasteiger partial charge in [-0.15, -0.1) is 0 Å². The molecule has 0 saturated heterocycles. The third kappa shape index (κ3) is 7.30. The molecule has 1 aromatic carbocycles. The van der Waals surface area contributed by atoms with Crippen molar-refractivity contribution in [3.63, 3.8) is 0 Å². The number of aromatic nitrogens is 1. The number of rotatable bonds is 8. The molecule has 1 unspecified atom stereocenters. The second kappa shape index (κ2) is 10.9. The molecular formula is C25H32N4O4. The third-order valence-electron chi connectivity index (χ3n) is 5.23. The Bertz CT molecular complexity index is 972. The summed E-state index contributed by atoms with van der Waals surface area (Å²) >= 11 is 0. The first kappa shape index (κ1) is 24.2. The topological polar surface area (TPSA) is 101 Å². The molecule has 8 nitrogen and oxygen atoms in total. The lowest BCUT2D eigenvalue weighted by molar-refractivity contribution is -0.157. The standard InChI is InChI=1S/C25H32N4O4/c1-25(2,3)33-23(31)16-20-19-9-5-4-8-18(19)11-15-29(24(20)32)17-22(30)28-14-13-27-21-10-6-7-12-26-21/h4-10,12,20H,11,13-17H2,1-3H3,(H,26,27)(H,28,30). The van der Waals surface area contributed by atoms with Gasteiger partial charge >= 0.3 is 5.97 Å². The normalized spacial score (nSPS) is 15.9. The first-order chi connectivity index (χ1) is 15.7. The van der Waals surface area contributed by atoms with Gasteiger partial charge in [-0.3, -0.25) is 14.4 Å². The summed E-state index contributed by atoms with van der Waals surface area (Å²) < 4.78 is 5.46. The molecule has 2 N–H and O–H groups in total. The largest absolute Gasteiger partial charge is 0.460 e. The lowest BCUT2D eigenvalue weighted by atomic mass is 9.90. The van der Waals surface area contributed by atoms with Gasteiger partial charge in [-0.05, 0) is 50.5 Å². The molecule has 2 aromatic rings. The van der Waals surface area contributed by atoms with Crippen LogP contribution >= 0.6 is 0 Å². The van der Waals surface area contributed by atoms with Crippen molar-refractivity contribution in [1.82, 2.24) is 15.2 Å². The van der Waals surface area contributed by atoms with Gasteiger partial charge in [0, 0.05) is 25.8 Å². The average molecular weight is 453 g/mol. The summed E-state index contributed by atoms with van der Waals surface area (Å²) in [5.74, 6) is -0.836. The van der Waals surface area contributed by atoms with Gasteiger partial charge in [-0.2, -0.15) is 0 Å². The fourth-order valence-electron chi connectivity index (χ4n) is 3.81. The summed E-state index contributed by atoms with van der Waals surface area (Å²) in [5.41, 5.74) is 1.21. The lowest BCUT2D eigenvalue weighted by Crippen LogP contribution is -2.44. The molecule has 8 heteroatoms. The highest BCUT2D eigenvalue weighted by Crippen LogP contribution is 2.30. The molecular weight excluding hydrogens is 420 g/mol. The number of fused-ring (bicyclic) bond motifs is 1. The van der Waals surface area contributed by atoms with Crippen molar-refractivity contribution in [3.8, 4) is 0 Å². The van der Waals surface area contributed by atoms with Crippen molar-refractivity contribution in [3.05, 3.63) is 59.8 Å². The van der Waals surface area contributed by atoms with E-state index in [0.717, 1.165) is 16.9 Å². The predicted molar refractivity (Wildman–Crippen MR) is 126 cm³/mol. The number of anilines is 1. The molecule has 3 rings (SSSR count). The molecule has 1 aliphatic heterocycles. The molecule has 0 spiro atoms. The maximum Gasteiger partial charge on any atom is 0.307 e. The summed E-state index contributed by atoms with van der Waals surface area (Å²) in [6.45, 7) is 6.68. The summed E-state index contributed by atoms with van der Waals surface area (Å²) in [6.07, 6.45) is 2.26. The fraction of sp³-hybridized carbons (Fsp3) is 0.440. The van der Waals surface area contributed by atoms with Crippen molar-refractivity contribution in [2.75, 3.05) is 31.5 Å². The molecule has 2 amide bonds. The van der Waals surface area contributed by atoms with Crippen LogP contribution in [0.25, 0.3) is 0 Å². The number of esters is 1. The fourth-order valence-corrected chi connectivity index (χ4v) is 3.81. The number of amides is 2. The molecule has 33 heavy (non-hydrogen) atoms. The molecule has 176 valence electrons. The number of pyridine rings is 1. The van der Waals surface area contributed by atoms with Crippen LogP contribution in [0.2, 0.25) is 0 Å². The molecule has 0 aliphatic carbocycles. The molecule has 0 radical (unpaired) electrons. The molecule has 0 fully saturated rings. The van der Waals surface area contributed by atoms with Gasteiger partial charge in [0.15, 0.2) is 0 Å². The molecule has 1 aromatic heterocycles. The second-order valence-corrected chi connectivity index (χ2v) is 9.04. The summed E-state index contributed by atoms with van der Waals surface area (Å²) in [6, 6.07) is 13.2. The number of carbonyl (C=O) groups excluding carboxylic acids is 3. The lowest BCUT2D eigenvalue weighted by Gasteiger charge is -2.25. The highest BCUT2D eigenvalue weighted by atomic mass is 16.6. The molecule has 1 atom stereocenters. The van der Waals surface area contributed by atoms with Crippen LogP contribution in [-0.4, -0.2) is 59.4 Å². The van der Waals surface area contributed by atoms with Crippen LogP contribution < -0.4 is 10.6 Å². The van der Waals surface area contributed by atoms with Crippen LogP contribution in [0.15, 0.2) is 48.7 Å². The van der Waals surface area contributed by atoms with Crippen molar-refractivity contribution < 1.29 is 19.1 Å². The Morgan fingerprint density at radius 3 is 2.61 bits per heavy atom. The number of hydrogen-bond acceptors (Lipinski definition) is 6. The van der Waals surface area contributed by atoms with E-state index in [-0.39, 0.29) is 24.8 Å². The molecule has 0 saturated carbocycles. The first-order valence-corrected chi connectivity index (χ1v) is 11.2. The maximum atomic E-state index is 13.4. The van der Waals surface area contributed by atoms with E-state index in [9.17, 15) is 14.4 Å². The minimum absolute atomic E-state index is 0.0543. The number of nitrogens with one attached hydrogen (secondary N) is 2. The molecule has 1 aliphatic rings. The predicted octanol–water partition coefficient (Wildman–Crippen LogP) is 2.51. The smallest absolute Gasteiger partial charge is 0.307 e. The van der Waals surface area contributed by atoms with E-state index >= 15 is 0 Å². The minimum atomic E-state index is -0.669. The van der Waals surface area contributed by atoms with Crippen LogP contribution in [0, 0.1) is 0 Å². The van der Waals surface area contributed by atoms with E-state index in [1.54, 1.807) is 27.0 Å². The van der Waals surface area contributed by atoms with Gasteiger partial charge < -0.3 is 20.3 Å². The van der Waals surface area contributed by atoms with Crippen LogP contribution in [0.5, 0.6) is 0 Å². The number of nitrogens with zero attached hydrogens (tertiary/aromatic N) is 2. The van der Waals surface area contributed by atoms with Gasteiger partial charge in [-0.25, -0.2) is 4.98 Å². The van der Waals surface area contributed by atoms with Gasteiger partial charge in [0.2, 0.25) is 11.8 Å². The number of ether oxygens (including phenoxy) is 1. The van der Waals surface area contributed by atoms with E-state index in [1.807, 2.05) is 42.5 Å². The van der Waals surface area contributed by atoms with Crippen LogP contribution in [-0.2, 0) is 25.5 Å². The third-order valence-corrected chi connectivity index (χ3v) is 5.23. The summed E-state index contributed by atoms with van der Waals surface area (Å²) in [5, 5.41) is 5.96. The Morgan fingerprint density at radius 2 is 1.88 bits per heavy atom. The number of carbonyl (C=O) groups is 3. The van der Waals surface area contributed by atoms with Crippen molar-refractivity contribution in [1.29, 1.82) is 0 Å². The highest BCUT2D eigenvalue weighted by Gasteiger charge is 2.34. The Balaban J connectivity index is 1.61. The Kier molecular flexibility index (Phi) is 8.03. The van der Waals surface area contributed by atoms with Crippen molar-refractivity contribution in [2.24, 2.45) is 0 Å². The quantitative estimate of drug-likeness (QED) is 0.472. The summed E-state index contributed by atoms with van der Waals surface area (Å²) in [7, 11) is 0. The Labute approximate surface area is 194 Å². The zero-order valence-electron chi connectivity index (χ0n) is 19.5. The van der Waals surface area contributed by atoms with Gasteiger partial charge in [-0.1, -0.05) is 30.3 Å². The Hall–Kier alpha value is -3.42. The van der Waals surface area contributed by atoms with E-state index in [1.165, 1.54) is 4.90 Å². The van der Waals surface area contributed by atoms with E-state index in [2.05, 4.69) is 15.6 Å². The SMILES string of the molecule is CC(C)(C)OC(=O)CC1C(=O)N(CC(=O)NCCNc2ccccn2)CCc2ccccc21. The molecule has 0 bridgehead atoms. The second-order valence-electron chi connectivity index (χ2n) is 9.04. The Morgan fingerprint density at radius 1 is 1.12 bits per heavy atom. The van der Waals surface area contributed by atoms with Crippen molar-refractivity contribution >= 4 is 23.6 Å². The first-order valence-electron chi connectivity index (χ1n) is 11.2. The van der Waals surface area contributed by atoms with Crippen LogP contribution in [0.1, 0.15) is 44.2 Å². The summed E-state index contributed by atoms with van der Waals surface area (Å²) in [4.78, 5) is 44.1. The van der Waals surface area contributed by atoms with Crippen molar-refractivity contribution in [2.45, 2.75) is 45.1 Å². The molecule has 2 heterocycles. The monoisotopic (exact) mass is 452 g/mol. The zero-order chi connectivity index (χ0) is 23.8. The maximum absolute atomic E-state index is 13.4.